The third-order valence-electron chi connectivity index (χ3n) is 20.8. The third-order valence-corrected chi connectivity index (χ3v) is 21.4. The van der Waals surface area contributed by atoms with E-state index in [0.29, 0.717) is 130 Å². The number of piperazine rings is 1. The van der Waals surface area contributed by atoms with Crippen molar-refractivity contribution >= 4 is 93.6 Å². The second-order valence-electron chi connectivity index (χ2n) is 30.3. The van der Waals surface area contributed by atoms with Gasteiger partial charge >= 0.3 is 24.1 Å². The molecule has 4 N–H and O–H groups in total. The molecule has 0 saturated carbocycles. The van der Waals surface area contributed by atoms with Crippen molar-refractivity contribution < 1.29 is 46.2 Å². The van der Waals surface area contributed by atoms with Crippen LogP contribution in [0.5, 0.6) is 0 Å². The molecule has 126 heavy (non-hydrogen) atoms. The van der Waals surface area contributed by atoms with E-state index in [2.05, 4.69) is 91.0 Å². The van der Waals surface area contributed by atoms with Crippen LogP contribution >= 0.6 is 34.8 Å². The lowest BCUT2D eigenvalue weighted by molar-refractivity contribution is -0.00143. The van der Waals surface area contributed by atoms with Gasteiger partial charge in [-0.05, 0) is 236 Å². The number of fused-ring (bicyclic) bond motifs is 1. The molecule has 8 aromatic heterocycles. The van der Waals surface area contributed by atoms with Gasteiger partial charge in [0.05, 0.1) is 53.7 Å². The van der Waals surface area contributed by atoms with Crippen molar-refractivity contribution in [3.05, 3.63) is 244 Å². The first-order valence-electron chi connectivity index (χ1n) is 40.6. The number of likely N-dealkylation sites (tertiary alicyclic amines) is 1. The maximum absolute atomic E-state index is 13.6. The number of carbonyl (C=O) groups excluding carboxylic acids is 4. The zero-order valence-electron chi connectivity index (χ0n) is 69.7. The number of hydrogen-bond donors (Lipinski definition) is 4. The van der Waals surface area contributed by atoms with E-state index in [4.69, 9.17) is 44.3 Å². The van der Waals surface area contributed by atoms with Gasteiger partial charge in [0.15, 0.2) is 0 Å². The fraction of sp³-hybridized carbons (Fsp3) is 0.264. The predicted molar refractivity (Wildman–Crippen MR) is 476 cm³/mol. The molecule has 13 aromatic rings. The van der Waals surface area contributed by atoms with E-state index in [-0.39, 0.29) is 83.4 Å². The van der Waals surface area contributed by atoms with E-state index in [1.165, 1.54) is 54.9 Å². The largest absolute Gasteiger partial charge is 0.375 e. The highest BCUT2D eigenvalue weighted by molar-refractivity contribution is 6.30. The van der Waals surface area contributed by atoms with Gasteiger partial charge in [0, 0.05) is 163 Å². The van der Waals surface area contributed by atoms with Gasteiger partial charge in [0.1, 0.15) is 45.1 Å². The van der Waals surface area contributed by atoms with Crippen LogP contribution in [-0.4, -0.2) is 211 Å². The van der Waals surface area contributed by atoms with E-state index >= 15 is 0 Å². The van der Waals surface area contributed by atoms with Gasteiger partial charge in [-0.3, -0.25) is 21.3 Å². The van der Waals surface area contributed by atoms with Crippen LogP contribution in [0.1, 0.15) is 55.9 Å². The van der Waals surface area contributed by atoms with Gasteiger partial charge in [-0.1, -0.05) is 40.9 Å². The smallest absolute Gasteiger partial charge is 0.324 e. The molecule has 0 unspecified atom stereocenters. The molecule has 17 rings (SSSR count). The zero-order valence-corrected chi connectivity index (χ0v) is 72.0. The first-order chi connectivity index (χ1) is 60.7. The number of morpholine rings is 2. The number of carbonyl (C=O) groups is 4. The van der Waals surface area contributed by atoms with E-state index in [9.17, 15) is 36.7 Å². The van der Waals surface area contributed by atoms with Crippen LogP contribution in [0, 0.1) is 51.0 Å². The molecule has 0 spiro atoms. The number of urea groups is 4. The number of anilines is 4. The lowest BCUT2D eigenvalue weighted by atomic mass is 9.99. The SMILES string of the molecule is Cc1cc(-c2cnc(NC(=O)N3CCCCC3)nc2-c2ccc(F)cc2)cc(Cl)n1.Cc1cc(-c2cnc(NC(=O)N3CCN(C)CC3)nc2-c2ccc(F)cc2)cc(Cl)n1.Cc1cc(-c2cnc(NC(=O)N3CCO[C@@H](C)C3)nc2-c2ccc(F)cc2)cc(Cl)n1.Cc1ncnc2ccc(-c3cnc(NC(=O)N4CCO[C@@H](C)C4)nc3-c3ccc(F)cc3)cc12. The van der Waals surface area contributed by atoms with Gasteiger partial charge in [0.2, 0.25) is 23.8 Å². The molecule has 0 aliphatic carbocycles. The fourth-order valence-corrected chi connectivity index (χ4v) is 15.2. The monoisotopic (exact) mass is 1760 g/mol. The van der Waals surface area contributed by atoms with E-state index < -0.39 is 0 Å². The second-order valence-corrected chi connectivity index (χ2v) is 31.5. The Morgan fingerprint density at radius 1 is 0.357 bits per heavy atom. The molecule has 4 aliphatic heterocycles. The van der Waals surface area contributed by atoms with Crippen molar-refractivity contribution in [1.82, 2.24) is 89.3 Å². The molecule has 0 radical (unpaired) electrons. The Morgan fingerprint density at radius 3 is 1.01 bits per heavy atom. The first-order valence-corrected chi connectivity index (χ1v) is 41.7. The van der Waals surface area contributed by atoms with E-state index in [0.717, 1.165) is 107 Å². The Labute approximate surface area is 738 Å². The highest BCUT2D eigenvalue weighted by atomic mass is 35.5. The number of nitrogens with zero attached hydrogens (tertiary/aromatic N) is 18. The van der Waals surface area contributed by atoms with Crippen LogP contribution in [0.15, 0.2) is 183 Å². The molecule has 12 heterocycles. The number of likely N-dealkylation sites (N-methyl/N-ethyl adjacent to an activating group) is 1. The van der Waals surface area contributed by atoms with Crippen molar-refractivity contribution in [2.24, 2.45) is 0 Å². The highest BCUT2D eigenvalue weighted by Gasteiger charge is 2.28. The Kier molecular flexibility index (Phi) is 29.0. The summed E-state index contributed by atoms with van der Waals surface area (Å²) in [6, 6.07) is 39.7. The van der Waals surface area contributed by atoms with Crippen LogP contribution in [0.3, 0.4) is 0 Å². The normalized spacial score (nSPS) is 15.2. The summed E-state index contributed by atoms with van der Waals surface area (Å²) >= 11 is 18.4. The highest BCUT2D eigenvalue weighted by Crippen LogP contribution is 2.38. The molecular weight excluding hydrogens is 1680 g/mol. The molecular formula is C91H87Cl3F4N22O6. The molecule has 2 atom stereocenters. The minimum Gasteiger partial charge on any atom is -0.375 e. The quantitative estimate of drug-likeness (QED) is 0.0652. The summed E-state index contributed by atoms with van der Waals surface area (Å²) in [7, 11) is 2.03. The maximum atomic E-state index is 13.6. The van der Waals surface area contributed by atoms with Gasteiger partial charge in [-0.2, -0.15) is 0 Å². The predicted octanol–water partition coefficient (Wildman–Crippen LogP) is 18.4. The Morgan fingerprint density at radius 2 is 0.675 bits per heavy atom. The number of piperidine rings is 1. The fourth-order valence-electron chi connectivity index (χ4n) is 14.4. The van der Waals surface area contributed by atoms with Gasteiger partial charge in [-0.15, -0.1) is 0 Å². The summed E-state index contributed by atoms with van der Waals surface area (Å²) in [6.45, 7) is 18.6. The van der Waals surface area contributed by atoms with Gasteiger partial charge < -0.3 is 34.0 Å². The molecule has 646 valence electrons. The zero-order chi connectivity index (χ0) is 88.7. The number of amides is 8. The first kappa shape index (κ1) is 89.1. The standard InChI is InChI=1S/C25H23FN6O2.C22H22ClFN6O.C22H21ClFN5O2.C22H21ClFN5O/c1-15-13-32(9-10-34-15)25(33)31-24-27-12-21(23(30-24)17-3-6-19(26)7-4-17)18-5-8-22-20(11-18)16(2)28-14-29-22;1-14-11-16(12-19(23)26-14)18-13-25-21(27-20(18)15-3-5-17(24)6-4-15)28-22(31)30-9-7-29(2)8-10-30;1-13-9-16(10-19(23)26-13)18-11-25-21(27-20(18)15-3-5-17(24)6-4-15)28-22(30)29-7-8-31-14(2)12-29;1-14-11-16(12-19(23)26-14)18-13-25-21(28-22(30)29-9-3-2-4-10-29)27-20(18)15-5-7-17(24)8-6-15/h3-8,11-12,14-15H,9-10,13H2,1-2H3,(H,27,30,31,33);3-6,11-13H,7-10H2,1-2H3,(H,25,27,28,31);3-6,9-11,14H,7-8,12H2,1-2H3,(H,25,27,28,30);5-8,11-13H,2-4,9-10H2,1H3,(H,25,27,28,30)/t15-;;14-;/m0.0./s1. The maximum Gasteiger partial charge on any atom is 0.324 e. The Bertz CT molecular complexity index is 6050. The van der Waals surface area contributed by atoms with E-state index in [1.54, 1.807) is 111 Å². The molecule has 4 aliphatic rings. The topological polar surface area (TPSA) is 319 Å². The molecule has 8 amide bonds. The number of rotatable bonds is 12. The van der Waals surface area contributed by atoms with Crippen molar-refractivity contribution in [3.63, 3.8) is 0 Å². The number of halogens is 7. The number of ether oxygens (including phenoxy) is 2. The molecule has 0 bridgehead atoms. The van der Waals surface area contributed by atoms with Crippen molar-refractivity contribution in [3.8, 4) is 89.5 Å². The van der Waals surface area contributed by atoms with Crippen LogP contribution in [0.4, 0.5) is 60.5 Å². The summed E-state index contributed by atoms with van der Waals surface area (Å²) in [5.41, 5.74) is 15.1. The van der Waals surface area contributed by atoms with Crippen LogP contribution in [0.2, 0.25) is 15.5 Å². The van der Waals surface area contributed by atoms with Gasteiger partial charge in [-0.25, -0.2) is 102 Å². The number of aryl methyl sites for hydroxylation is 4. The van der Waals surface area contributed by atoms with Crippen LogP contribution in [-0.2, 0) is 9.47 Å². The average Bonchev–Trinajstić information content (AvgIpc) is 0.825. The number of pyridine rings is 3. The minimum atomic E-state index is -0.350. The van der Waals surface area contributed by atoms with Crippen molar-refractivity contribution in [1.29, 1.82) is 0 Å². The van der Waals surface area contributed by atoms with Gasteiger partial charge in [0.25, 0.3) is 0 Å². The lowest BCUT2D eigenvalue weighted by Crippen LogP contribution is -2.48. The van der Waals surface area contributed by atoms with Crippen LogP contribution < -0.4 is 21.3 Å². The molecule has 5 aromatic carbocycles. The number of benzene rings is 5. The average molecular weight is 1770 g/mol. The third kappa shape index (κ3) is 23.2. The number of nitrogens with one attached hydrogen (secondary N) is 4. The second kappa shape index (κ2) is 41.0. The summed E-state index contributed by atoms with van der Waals surface area (Å²) in [6.07, 6.45) is 11.2. The van der Waals surface area contributed by atoms with Crippen molar-refractivity contribution in [2.45, 2.75) is 73.0 Å². The summed E-state index contributed by atoms with van der Waals surface area (Å²) in [5, 5.41) is 13.1. The molecule has 4 fully saturated rings. The molecule has 4 saturated heterocycles. The summed E-state index contributed by atoms with van der Waals surface area (Å²) < 4.78 is 65.0. The summed E-state index contributed by atoms with van der Waals surface area (Å²) in [5.74, 6) is -0.655. The summed E-state index contributed by atoms with van der Waals surface area (Å²) in [4.78, 5) is 117. The lowest BCUT2D eigenvalue weighted by Gasteiger charge is -2.32. The molecule has 35 heteroatoms. The Balaban J connectivity index is 0.000000136. The molecule has 28 nitrogen and oxygen atoms in total. The van der Waals surface area contributed by atoms with Crippen molar-refractivity contribution in [2.75, 3.05) is 107 Å². The Hall–Kier alpha value is -13.2. The van der Waals surface area contributed by atoms with Crippen LogP contribution in [0.25, 0.3) is 100 Å². The van der Waals surface area contributed by atoms with E-state index in [1.807, 2.05) is 85.0 Å². The number of aromatic nitrogens is 13. The number of hydrogen-bond acceptors (Lipinski definition) is 20. The minimum absolute atomic E-state index is 0.0297.